The quantitative estimate of drug-likeness (QED) is 0.927. The Kier molecular flexibility index (Phi) is 3.93. The number of aryl methyl sites for hydroxylation is 1. The summed E-state index contributed by atoms with van der Waals surface area (Å²) < 4.78 is 18.1. The Bertz CT molecular complexity index is 542. The highest BCUT2D eigenvalue weighted by molar-refractivity contribution is 6.31. The van der Waals surface area contributed by atoms with E-state index in [0.717, 1.165) is 6.42 Å². The van der Waals surface area contributed by atoms with Crippen LogP contribution in [0.5, 0.6) is 0 Å². The average molecular weight is 270 g/mol. The SMILES string of the molecule is CC(N)CCc1nc(-c2ccc(F)c(Cl)c2)no1. The molecule has 1 heterocycles. The lowest BCUT2D eigenvalue weighted by Crippen LogP contribution is -2.15. The Morgan fingerprint density at radius 2 is 2.28 bits per heavy atom. The van der Waals surface area contributed by atoms with Crippen LogP contribution in [0.25, 0.3) is 11.4 Å². The van der Waals surface area contributed by atoms with Crippen molar-refractivity contribution in [3.8, 4) is 11.4 Å². The molecule has 0 saturated carbocycles. The summed E-state index contributed by atoms with van der Waals surface area (Å²) in [4.78, 5) is 4.21. The molecule has 2 rings (SSSR count). The predicted molar refractivity (Wildman–Crippen MR) is 66.7 cm³/mol. The van der Waals surface area contributed by atoms with Gasteiger partial charge < -0.3 is 10.3 Å². The van der Waals surface area contributed by atoms with Gasteiger partial charge in [-0.2, -0.15) is 4.98 Å². The van der Waals surface area contributed by atoms with E-state index in [0.29, 0.717) is 23.7 Å². The van der Waals surface area contributed by atoms with Crippen molar-refractivity contribution < 1.29 is 8.91 Å². The molecule has 0 radical (unpaired) electrons. The number of halogens is 2. The molecule has 1 atom stereocenters. The van der Waals surface area contributed by atoms with Gasteiger partial charge in [-0.3, -0.25) is 0 Å². The van der Waals surface area contributed by atoms with Gasteiger partial charge in [-0.1, -0.05) is 16.8 Å². The smallest absolute Gasteiger partial charge is 0.227 e. The molecule has 4 nitrogen and oxygen atoms in total. The zero-order valence-electron chi connectivity index (χ0n) is 9.86. The highest BCUT2D eigenvalue weighted by atomic mass is 35.5. The average Bonchev–Trinajstić information content (AvgIpc) is 2.79. The van der Waals surface area contributed by atoms with Crippen molar-refractivity contribution in [1.82, 2.24) is 10.1 Å². The van der Waals surface area contributed by atoms with Crippen molar-refractivity contribution in [2.75, 3.05) is 0 Å². The van der Waals surface area contributed by atoms with Crippen molar-refractivity contribution >= 4 is 11.6 Å². The molecule has 0 spiro atoms. The number of hydrogen-bond donors (Lipinski definition) is 1. The Balaban J connectivity index is 2.16. The van der Waals surface area contributed by atoms with Gasteiger partial charge in [0.05, 0.1) is 5.02 Å². The Morgan fingerprint density at radius 1 is 1.50 bits per heavy atom. The van der Waals surface area contributed by atoms with Crippen LogP contribution in [0.15, 0.2) is 22.7 Å². The van der Waals surface area contributed by atoms with Crippen LogP contribution < -0.4 is 5.73 Å². The van der Waals surface area contributed by atoms with Gasteiger partial charge in [0, 0.05) is 18.0 Å². The van der Waals surface area contributed by atoms with Crippen molar-refractivity contribution in [3.05, 3.63) is 34.9 Å². The number of hydrogen-bond acceptors (Lipinski definition) is 4. The van der Waals surface area contributed by atoms with Crippen molar-refractivity contribution in [2.45, 2.75) is 25.8 Å². The third kappa shape index (κ3) is 3.05. The van der Waals surface area contributed by atoms with E-state index in [4.69, 9.17) is 21.9 Å². The van der Waals surface area contributed by atoms with Gasteiger partial charge in [0.1, 0.15) is 5.82 Å². The van der Waals surface area contributed by atoms with Gasteiger partial charge in [-0.05, 0) is 31.5 Å². The topological polar surface area (TPSA) is 64.9 Å². The normalized spacial score (nSPS) is 12.7. The summed E-state index contributed by atoms with van der Waals surface area (Å²) in [5, 5.41) is 3.86. The highest BCUT2D eigenvalue weighted by Gasteiger charge is 2.11. The molecule has 0 amide bonds. The lowest BCUT2D eigenvalue weighted by molar-refractivity contribution is 0.372. The van der Waals surface area contributed by atoms with Gasteiger partial charge in [-0.25, -0.2) is 4.39 Å². The van der Waals surface area contributed by atoms with Gasteiger partial charge in [0.15, 0.2) is 0 Å². The van der Waals surface area contributed by atoms with Crippen molar-refractivity contribution in [3.63, 3.8) is 0 Å². The summed E-state index contributed by atoms with van der Waals surface area (Å²) >= 11 is 5.70. The van der Waals surface area contributed by atoms with E-state index in [2.05, 4.69) is 10.1 Å². The molecule has 0 bridgehead atoms. The monoisotopic (exact) mass is 269 g/mol. The third-order valence-electron chi connectivity index (χ3n) is 2.46. The molecule has 0 aliphatic rings. The Hall–Kier alpha value is -1.46. The largest absolute Gasteiger partial charge is 0.339 e. The van der Waals surface area contributed by atoms with Crippen LogP contribution in [0.2, 0.25) is 5.02 Å². The zero-order chi connectivity index (χ0) is 13.1. The van der Waals surface area contributed by atoms with Crippen LogP contribution in [0.4, 0.5) is 4.39 Å². The van der Waals surface area contributed by atoms with Gasteiger partial charge >= 0.3 is 0 Å². The minimum Gasteiger partial charge on any atom is -0.339 e. The molecule has 96 valence electrons. The molecule has 0 aliphatic heterocycles. The van der Waals surface area contributed by atoms with E-state index in [1.807, 2.05) is 6.92 Å². The van der Waals surface area contributed by atoms with E-state index < -0.39 is 5.82 Å². The molecule has 1 aromatic heterocycles. The molecule has 1 aromatic carbocycles. The summed E-state index contributed by atoms with van der Waals surface area (Å²) in [5.41, 5.74) is 6.27. The molecule has 2 aromatic rings. The Labute approximate surface area is 109 Å². The van der Waals surface area contributed by atoms with E-state index in [-0.39, 0.29) is 11.1 Å². The summed E-state index contributed by atoms with van der Waals surface area (Å²) in [6, 6.07) is 4.38. The first-order chi connectivity index (χ1) is 8.56. The standard InChI is InChI=1S/C12H13ClFN3O/c1-7(15)2-5-11-16-12(17-18-11)8-3-4-10(14)9(13)6-8/h3-4,6-7H,2,5,15H2,1H3. The molecule has 1 unspecified atom stereocenters. The van der Waals surface area contributed by atoms with Crippen molar-refractivity contribution in [2.24, 2.45) is 5.73 Å². The highest BCUT2D eigenvalue weighted by Crippen LogP contribution is 2.22. The third-order valence-corrected chi connectivity index (χ3v) is 2.75. The number of aromatic nitrogens is 2. The van der Waals surface area contributed by atoms with E-state index in [1.165, 1.54) is 12.1 Å². The maximum Gasteiger partial charge on any atom is 0.227 e. The number of rotatable bonds is 4. The van der Waals surface area contributed by atoms with Gasteiger partial charge in [0.2, 0.25) is 11.7 Å². The van der Waals surface area contributed by atoms with Crippen LogP contribution in [-0.2, 0) is 6.42 Å². The zero-order valence-corrected chi connectivity index (χ0v) is 10.6. The summed E-state index contributed by atoms with van der Waals surface area (Å²) in [5.74, 6) is 0.445. The van der Waals surface area contributed by atoms with Crippen LogP contribution in [0, 0.1) is 5.82 Å². The fourth-order valence-corrected chi connectivity index (χ4v) is 1.64. The first-order valence-electron chi connectivity index (χ1n) is 5.60. The van der Waals surface area contributed by atoms with Crippen LogP contribution in [-0.4, -0.2) is 16.2 Å². The Morgan fingerprint density at radius 3 is 2.94 bits per heavy atom. The number of benzene rings is 1. The van der Waals surface area contributed by atoms with Crippen LogP contribution in [0.1, 0.15) is 19.2 Å². The summed E-state index contributed by atoms with van der Waals surface area (Å²) in [7, 11) is 0. The fourth-order valence-electron chi connectivity index (χ4n) is 1.46. The second-order valence-corrected chi connectivity index (χ2v) is 4.56. The van der Waals surface area contributed by atoms with Crippen LogP contribution >= 0.6 is 11.6 Å². The second-order valence-electron chi connectivity index (χ2n) is 4.16. The molecular formula is C12H13ClFN3O. The van der Waals surface area contributed by atoms with E-state index >= 15 is 0 Å². The van der Waals surface area contributed by atoms with E-state index in [9.17, 15) is 4.39 Å². The van der Waals surface area contributed by atoms with Gasteiger partial charge in [0.25, 0.3) is 0 Å². The second kappa shape index (κ2) is 5.46. The predicted octanol–water partition coefficient (Wildman–Crippen LogP) is 2.81. The molecule has 6 heteroatoms. The lowest BCUT2D eigenvalue weighted by atomic mass is 10.2. The molecule has 0 aliphatic carbocycles. The van der Waals surface area contributed by atoms with E-state index in [1.54, 1.807) is 6.07 Å². The first kappa shape index (κ1) is 13.0. The lowest BCUT2D eigenvalue weighted by Gasteiger charge is -1.99. The number of nitrogens with zero attached hydrogens (tertiary/aromatic N) is 2. The molecule has 0 fully saturated rings. The minimum absolute atomic E-state index is 0.0365. The van der Waals surface area contributed by atoms with Crippen molar-refractivity contribution in [1.29, 1.82) is 0 Å². The summed E-state index contributed by atoms with van der Waals surface area (Å²) in [6.45, 7) is 1.91. The molecule has 2 N–H and O–H groups in total. The number of nitrogens with two attached hydrogens (primary N) is 1. The molecular weight excluding hydrogens is 257 g/mol. The minimum atomic E-state index is -0.471. The van der Waals surface area contributed by atoms with Crippen LogP contribution in [0.3, 0.4) is 0 Å². The van der Waals surface area contributed by atoms with Gasteiger partial charge in [-0.15, -0.1) is 0 Å². The fraction of sp³-hybridized carbons (Fsp3) is 0.333. The molecule has 18 heavy (non-hydrogen) atoms. The molecule has 0 saturated heterocycles. The first-order valence-corrected chi connectivity index (χ1v) is 5.97. The summed E-state index contributed by atoms with van der Waals surface area (Å²) in [6.07, 6.45) is 1.39. The maximum atomic E-state index is 13.0. The maximum absolute atomic E-state index is 13.0.